The van der Waals surface area contributed by atoms with Gasteiger partial charge in [-0.25, -0.2) is 4.79 Å². The summed E-state index contributed by atoms with van der Waals surface area (Å²) in [6, 6.07) is 8.23. The maximum atomic E-state index is 11.9. The minimum absolute atomic E-state index is 0.0854. The first-order valence-electron chi connectivity index (χ1n) is 6.95. The summed E-state index contributed by atoms with van der Waals surface area (Å²) < 4.78 is 22.3. The second kappa shape index (κ2) is 5.44. The topological polar surface area (TPSA) is 54.0 Å². The van der Waals surface area contributed by atoms with Gasteiger partial charge in [-0.1, -0.05) is 18.2 Å². The molecule has 21 heavy (non-hydrogen) atoms. The van der Waals surface area contributed by atoms with Gasteiger partial charge < -0.3 is 18.9 Å². The van der Waals surface area contributed by atoms with E-state index in [2.05, 4.69) is 0 Å². The van der Waals surface area contributed by atoms with Crippen LogP contribution in [0, 0.1) is 0 Å². The Balaban J connectivity index is 1.60. The molecule has 2 radical (unpaired) electrons. The van der Waals surface area contributed by atoms with E-state index in [1.54, 1.807) is 24.3 Å². The molecule has 2 aliphatic rings. The number of hydrogen-bond donors (Lipinski definition) is 0. The predicted molar refractivity (Wildman–Crippen MR) is 75.0 cm³/mol. The smallest absolute Gasteiger partial charge is 0.338 e. The highest BCUT2D eigenvalue weighted by Crippen LogP contribution is 2.37. The van der Waals surface area contributed by atoms with Gasteiger partial charge in [-0.2, -0.15) is 0 Å². The van der Waals surface area contributed by atoms with Crippen LogP contribution in [0.25, 0.3) is 0 Å². The molecule has 4 atom stereocenters. The third kappa shape index (κ3) is 2.97. The maximum Gasteiger partial charge on any atom is 0.338 e. The Kier molecular flexibility index (Phi) is 3.77. The van der Waals surface area contributed by atoms with Crippen LogP contribution in [-0.2, 0) is 18.9 Å². The van der Waals surface area contributed by atoms with Gasteiger partial charge in [0.15, 0.2) is 5.79 Å². The Hall–Kier alpha value is -1.37. The van der Waals surface area contributed by atoms with Crippen LogP contribution in [0.15, 0.2) is 30.3 Å². The van der Waals surface area contributed by atoms with Crippen LogP contribution >= 0.6 is 0 Å². The van der Waals surface area contributed by atoms with Crippen molar-refractivity contribution >= 4 is 13.8 Å². The van der Waals surface area contributed by atoms with Crippen molar-refractivity contribution in [2.75, 3.05) is 6.61 Å². The summed E-state index contributed by atoms with van der Waals surface area (Å²) in [7, 11) is 5.88. The summed E-state index contributed by atoms with van der Waals surface area (Å²) >= 11 is 0. The number of esters is 1. The normalized spacial score (nSPS) is 33.6. The lowest BCUT2D eigenvalue weighted by Crippen LogP contribution is -2.33. The van der Waals surface area contributed by atoms with Gasteiger partial charge in [0.1, 0.15) is 32.8 Å². The van der Waals surface area contributed by atoms with Crippen LogP contribution in [0.3, 0.4) is 0 Å². The van der Waals surface area contributed by atoms with Crippen molar-refractivity contribution in [2.45, 2.75) is 43.9 Å². The van der Waals surface area contributed by atoms with Crippen molar-refractivity contribution in [1.82, 2.24) is 0 Å². The third-order valence-corrected chi connectivity index (χ3v) is 3.57. The zero-order valence-corrected chi connectivity index (χ0v) is 12.0. The van der Waals surface area contributed by atoms with Gasteiger partial charge in [-0.15, -0.1) is 0 Å². The van der Waals surface area contributed by atoms with Crippen molar-refractivity contribution in [1.29, 1.82) is 0 Å². The Morgan fingerprint density at radius 1 is 1.24 bits per heavy atom. The largest absolute Gasteiger partial charge is 0.459 e. The van der Waals surface area contributed by atoms with Gasteiger partial charge in [0.25, 0.3) is 0 Å². The highest BCUT2D eigenvalue weighted by Gasteiger charge is 2.53. The lowest BCUT2D eigenvalue weighted by molar-refractivity contribution is -0.182. The first kappa shape index (κ1) is 14.6. The lowest BCUT2D eigenvalue weighted by atomic mass is 9.93. The molecule has 0 aromatic heterocycles. The van der Waals surface area contributed by atoms with Crippen molar-refractivity contribution in [2.24, 2.45) is 0 Å². The van der Waals surface area contributed by atoms with Crippen molar-refractivity contribution in [3.63, 3.8) is 0 Å². The second-order valence-corrected chi connectivity index (χ2v) is 5.67. The van der Waals surface area contributed by atoms with Crippen molar-refractivity contribution < 1.29 is 23.7 Å². The molecule has 0 bridgehead atoms. The van der Waals surface area contributed by atoms with Gasteiger partial charge in [0.05, 0.1) is 5.56 Å². The number of ether oxygens (including phenoxy) is 4. The molecule has 0 spiro atoms. The molecule has 6 heteroatoms. The van der Waals surface area contributed by atoms with E-state index >= 15 is 0 Å². The number of rotatable bonds is 3. The predicted octanol–water partition coefficient (Wildman–Crippen LogP) is 1.26. The molecule has 2 fully saturated rings. The molecule has 1 aromatic rings. The molecule has 2 saturated heterocycles. The molecule has 0 aliphatic carbocycles. The number of carbonyl (C=O) groups is 1. The van der Waals surface area contributed by atoms with Crippen LogP contribution in [0.2, 0.25) is 0 Å². The summed E-state index contributed by atoms with van der Waals surface area (Å²) in [5.41, 5.74) is 0.500. The quantitative estimate of drug-likeness (QED) is 0.619. The second-order valence-electron chi connectivity index (χ2n) is 5.67. The van der Waals surface area contributed by atoms with Gasteiger partial charge in [0.2, 0.25) is 0 Å². The highest BCUT2D eigenvalue weighted by molar-refractivity contribution is 6.11. The van der Waals surface area contributed by atoms with Crippen LogP contribution in [-0.4, -0.2) is 50.5 Å². The Labute approximate surface area is 124 Å². The lowest BCUT2D eigenvalue weighted by Gasteiger charge is -2.23. The van der Waals surface area contributed by atoms with E-state index < -0.39 is 23.9 Å². The molecule has 2 heterocycles. The maximum absolute atomic E-state index is 11.9. The third-order valence-electron chi connectivity index (χ3n) is 3.57. The molecular formula is C15H17BO5. The molecular weight excluding hydrogens is 271 g/mol. The zero-order chi connectivity index (χ0) is 15.0. The van der Waals surface area contributed by atoms with E-state index in [4.69, 9.17) is 26.8 Å². The van der Waals surface area contributed by atoms with Gasteiger partial charge in [0, 0.05) is 6.00 Å². The molecule has 0 N–H and O–H groups in total. The minimum Gasteiger partial charge on any atom is -0.459 e. The fraction of sp³-hybridized carbons (Fsp3) is 0.533. The molecule has 0 saturated carbocycles. The van der Waals surface area contributed by atoms with Gasteiger partial charge >= 0.3 is 5.97 Å². The van der Waals surface area contributed by atoms with Gasteiger partial charge in [-0.05, 0) is 26.0 Å². The van der Waals surface area contributed by atoms with E-state index in [0.717, 1.165) is 0 Å². The minimum atomic E-state index is -0.696. The Morgan fingerprint density at radius 2 is 1.90 bits per heavy atom. The van der Waals surface area contributed by atoms with Gasteiger partial charge in [-0.3, -0.25) is 0 Å². The SMILES string of the molecule is [B]C1OC(COC(=O)c2ccccc2)C2OC(C)(C)OC12. The molecule has 5 nitrogen and oxygen atoms in total. The summed E-state index contributed by atoms with van der Waals surface area (Å²) in [5.74, 6) is -1.09. The zero-order valence-electron chi connectivity index (χ0n) is 12.0. The summed E-state index contributed by atoms with van der Waals surface area (Å²) in [6.07, 6.45) is -1.07. The van der Waals surface area contributed by atoms with Crippen LogP contribution in [0.1, 0.15) is 24.2 Å². The van der Waals surface area contributed by atoms with Crippen molar-refractivity contribution in [3.05, 3.63) is 35.9 Å². The Morgan fingerprint density at radius 3 is 2.62 bits per heavy atom. The van der Waals surface area contributed by atoms with Crippen LogP contribution in [0.5, 0.6) is 0 Å². The summed E-state index contributed by atoms with van der Waals surface area (Å²) in [6.45, 7) is 3.73. The number of fused-ring (bicyclic) bond motifs is 1. The molecule has 2 aliphatic heterocycles. The fourth-order valence-corrected chi connectivity index (χ4v) is 2.67. The summed E-state index contributed by atoms with van der Waals surface area (Å²) in [5, 5.41) is 0. The average Bonchev–Trinajstić information content (AvgIpc) is 2.92. The number of hydrogen-bond acceptors (Lipinski definition) is 5. The molecule has 4 unspecified atom stereocenters. The number of carbonyl (C=O) groups excluding carboxylic acids is 1. The monoisotopic (exact) mass is 288 g/mol. The van der Waals surface area contributed by atoms with Crippen LogP contribution < -0.4 is 0 Å². The molecule has 1 aromatic carbocycles. The first-order chi connectivity index (χ1) is 9.96. The van der Waals surface area contributed by atoms with Crippen molar-refractivity contribution in [3.8, 4) is 0 Å². The standard InChI is InChI=1S/C15H17BO5/c1-15(2)20-11-10(19-13(16)12(11)21-15)8-18-14(17)9-6-4-3-5-7-9/h3-7,10-13H,8H2,1-2H3. The molecule has 110 valence electrons. The van der Waals surface area contributed by atoms with E-state index in [9.17, 15) is 4.79 Å². The first-order valence-corrected chi connectivity index (χ1v) is 6.95. The Bertz CT molecular complexity index is 518. The highest BCUT2D eigenvalue weighted by atomic mass is 16.8. The number of benzene rings is 1. The fourth-order valence-electron chi connectivity index (χ4n) is 2.67. The molecule has 0 amide bonds. The molecule has 3 rings (SSSR count). The van der Waals surface area contributed by atoms with Crippen LogP contribution in [0.4, 0.5) is 0 Å². The summed E-state index contributed by atoms with van der Waals surface area (Å²) in [4.78, 5) is 11.9. The van der Waals surface area contributed by atoms with E-state index in [1.165, 1.54) is 0 Å². The van der Waals surface area contributed by atoms with E-state index in [1.807, 2.05) is 19.9 Å². The van der Waals surface area contributed by atoms with E-state index in [-0.39, 0.29) is 18.8 Å². The average molecular weight is 288 g/mol. The van der Waals surface area contributed by atoms with E-state index in [0.29, 0.717) is 5.56 Å².